The van der Waals surface area contributed by atoms with Crippen molar-refractivity contribution in [1.29, 1.82) is 0 Å². The minimum atomic E-state index is -0.417. The molecule has 6 heterocycles. The highest BCUT2D eigenvalue weighted by Gasteiger charge is 2.48. The van der Waals surface area contributed by atoms with E-state index in [0.717, 1.165) is 64.6 Å². The summed E-state index contributed by atoms with van der Waals surface area (Å²) in [6.45, 7) is 2.61. The Morgan fingerprint density at radius 2 is 1.91 bits per heavy atom. The zero-order chi connectivity index (χ0) is 29.0. The number of likely N-dealkylation sites (N-methyl/N-ethyl adjacent to an activating group) is 1. The first-order chi connectivity index (χ1) is 21.0. The van der Waals surface area contributed by atoms with Gasteiger partial charge in [0.1, 0.15) is 16.8 Å². The molecule has 1 saturated carbocycles. The molecule has 1 aliphatic carbocycles. The van der Waals surface area contributed by atoms with Gasteiger partial charge in [0.25, 0.3) is 0 Å². The van der Waals surface area contributed by atoms with Gasteiger partial charge in [-0.1, -0.05) is 24.3 Å². The number of halogens is 1. The predicted octanol–water partition coefficient (Wildman–Crippen LogP) is 4.92. The smallest absolute Gasteiger partial charge is 0.158 e. The van der Waals surface area contributed by atoms with Crippen LogP contribution in [0.1, 0.15) is 12.5 Å². The zero-order valence-corrected chi connectivity index (χ0v) is 23.9. The van der Waals surface area contributed by atoms with Gasteiger partial charge in [0.15, 0.2) is 11.6 Å². The average Bonchev–Trinajstić information content (AvgIpc) is 3.77. The zero-order valence-electron chi connectivity index (χ0n) is 23.9. The fourth-order valence-corrected chi connectivity index (χ4v) is 7.54. The second-order valence-electron chi connectivity index (χ2n) is 12.5. The van der Waals surface area contributed by atoms with Crippen LogP contribution in [-0.2, 0) is 0 Å². The second-order valence-corrected chi connectivity index (χ2v) is 12.5. The van der Waals surface area contributed by atoms with Gasteiger partial charge in [-0.2, -0.15) is 5.10 Å². The van der Waals surface area contributed by atoms with Crippen LogP contribution in [0.3, 0.4) is 0 Å². The molecule has 0 radical (unpaired) electrons. The van der Waals surface area contributed by atoms with Crippen LogP contribution in [0.2, 0.25) is 0 Å². The normalized spacial score (nSPS) is 21.8. The highest BCUT2D eigenvalue weighted by atomic mass is 19.1. The number of phenols is 1. The van der Waals surface area contributed by atoms with E-state index in [0.29, 0.717) is 40.2 Å². The van der Waals surface area contributed by atoms with E-state index in [2.05, 4.69) is 44.0 Å². The molecule has 3 aromatic carbocycles. The lowest BCUT2D eigenvalue weighted by molar-refractivity contribution is 0.225. The number of aromatic amines is 1. The summed E-state index contributed by atoms with van der Waals surface area (Å²) in [6, 6.07) is 14.2. The van der Waals surface area contributed by atoms with E-state index >= 15 is 4.39 Å². The van der Waals surface area contributed by atoms with Crippen molar-refractivity contribution in [2.75, 3.05) is 38.6 Å². The summed E-state index contributed by atoms with van der Waals surface area (Å²) in [5.41, 5.74) is 4.49. The van der Waals surface area contributed by atoms with Gasteiger partial charge >= 0.3 is 0 Å². The first-order valence-corrected chi connectivity index (χ1v) is 14.8. The quantitative estimate of drug-likeness (QED) is 0.269. The molecule has 9 nitrogen and oxygen atoms in total. The van der Waals surface area contributed by atoms with E-state index < -0.39 is 5.82 Å². The molecule has 3 aliphatic heterocycles. The number of benzene rings is 3. The Bertz CT molecular complexity index is 2050. The number of anilines is 1. The monoisotopic (exact) mass is 574 g/mol. The number of rotatable bonds is 5. The van der Waals surface area contributed by atoms with Crippen LogP contribution in [0.4, 0.5) is 10.2 Å². The largest absolute Gasteiger partial charge is 0.508 e. The van der Waals surface area contributed by atoms with Crippen molar-refractivity contribution in [2.45, 2.75) is 24.5 Å². The van der Waals surface area contributed by atoms with Gasteiger partial charge in [0, 0.05) is 54.4 Å². The molecule has 10 heteroatoms. The van der Waals surface area contributed by atoms with Gasteiger partial charge < -0.3 is 24.8 Å². The van der Waals surface area contributed by atoms with Crippen molar-refractivity contribution < 1.29 is 9.50 Å². The number of H-pyrrole nitrogens is 1. The van der Waals surface area contributed by atoms with Gasteiger partial charge in [-0.15, -0.1) is 0 Å². The molecule has 2 bridgehead atoms. The SMILES string of the molecule is CN(C)C1CN(c2nc3c(F)c(-c4cc(O)cc5ccccc45)c(-c4cn[nH]c4)cc3c3c2ncn3C2C3CNC2C3)C1. The lowest BCUT2D eigenvalue weighted by atomic mass is 9.80. The summed E-state index contributed by atoms with van der Waals surface area (Å²) in [6.07, 6.45) is 6.58. The highest BCUT2D eigenvalue weighted by molar-refractivity contribution is 6.12. The van der Waals surface area contributed by atoms with Crippen LogP contribution in [0, 0.1) is 11.7 Å². The van der Waals surface area contributed by atoms with Crippen LogP contribution in [-0.4, -0.2) is 80.6 Å². The number of nitrogens with zero attached hydrogens (tertiary/aromatic N) is 6. The number of pyridine rings is 1. The van der Waals surface area contributed by atoms with Crippen molar-refractivity contribution in [3.63, 3.8) is 0 Å². The first-order valence-electron chi connectivity index (χ1n) is 14.8. The van der Waals surface area contributed by atoms with Crippen molar-refractivity contribution >= 4 is 38.5 Å². The fraction of sp³-hybridized carbons (Fsp3) is 0.303. The first kappa shape index (κ1) is 25.0. The highest BCUT2D eigenvalue weighted by Crippen LogP contribution is 2.49. The molecule has 6 aromatic rings. The van der Waals surface area contributed by atoms with Crippen molar-refractivity contribution in [2.24, 2.45) is 5.92 Å². The van der Waals surface area contributed by atoms with Crippen molar-refractivity contribution in [3.05, 3.63) is 67.0 Å². The van der Waals surface area contributed by atoms with E-state index in [1.54, 1.807) is 24.5 Å². The summed E-state index contributed by atoms with van der Waals surface area (Å²) in [7, 11) is 4.17. The third kappa shape index (κ3) is 3.53. The second kappa shape index (κ2) is 8.98. The van der Waals surface area contributed by atoms with E-state index in [4.69, 9.17) is 9.97 Å². The maximum Gasteiger partial charge on any atom is 0.158 e. The number of hydrogen-bond donors (Lipinski definition) is 3. The van der Waals surface area contributed by atoms with Gasteiger partial charge in [-0.05, 0) is 66.5 Å². The average molecular weight is 575 g/mol. The Balaban J connectivity index is 1.37. The van der Waals surface area contributed by atoms with E-state index in [9.17, 15) is 5.11 Å². The van der Waals surface area contributed by atoms with E-state index in [-0.39, 0.29) is 11.8 Å². The molecule has 0 amide bonds. The van der Waals surface area contributed by atoms with Gasteiger partial charge in [0.2, 0.25) is 0 Å². The lowest BCUT2D eigenvalue weighted by Crippen LogP contribution is -2.57. The molecule has 216 valence electrons. The van der Waals surface area contributed by atoms with E-state index in [1.165, 1.54) is 0 Å². The number of fused-ring (bicyclic) bond motifs is 5. The maximum atomic E-state index is 17.4. The molecule has 4 aliphatic rings. The van der Waals surface area contributed by atoms with Crippen LogP contribution in [0.5, 0.6) is 5.75 Å². The third-order valence-corrected chi connectivity index (χ3v) is 9.95. The lowest BCUT2D eigenvalue weighted by Gasteiger charge is -2.43. The molecule has 3 saturated heterocycles. The minimum absolute atomic E-state index is 0.0804. The number of aromatic nitrogens is 5. The Labute approximate surface area is 247 Å². The summed E-state index contributed by atoms with van der Waals surface area (Å²) in [5, 5.41) is 23.9. The van der Waals surface area contributed by atoms with Gasteiger partial charge in [0.05, 0.1) is 24.1 Å². The number of nitrogens with one attached hydrogen (secondary N) is 2. The fourth-order valence-electron chi connectivity index (χ4n) is 7.54. The molecule has 10 rings (SSSR count). The number of hydrogen-bond acceptors (Lipinski definition) is 7. The summed E-state index contributed by atoms with van der Waals surface area (Å²) in [4.78, 5) is 14.4. The molecule has 3 atom stereocenters. The molecular formula is C33H31FN8O. The third-order valence-electron chi connectivity index (χ3n) is 9.95. The standard InChI is InChI=1S/C33H31FN8O/c1-40(2)20-14-41(15-20)33-30-32(42(16-36-30)31-18-8-26(31)35-11-18)25-10-23(19-12-37-38-13-19)27(28(34)29(25)39-33)24-9-21(43)7-17-5-3-4-6-22(17)24/h3-7,9-10,12-13,16,18,20,26,31,35,43H,8,11,14-15H2,1-2H3,(H,37,38). The van der Waals surface area contributed by atoms with Crippen molar-refractivity contribution in [1.82, 2.24) is 34.9 Å². The summed E-state index contributed by atoms with van der Waals surface area (Å²) < 4.78 is 19.7. The molecule has 43 heavy (non-hydrogen) atoms. The molecule has 3 aromatic heterocycles. The predicted molar refractivity (Wildman–Crippen MR) is 166 cm³/mol. The van der Waals surface area contributed by atoms with Gasteiger partial charge in [-0.25, -0.2) is 14.4 Å². The van der Waals surface area contributed by atoms with Crippen LogP contribution in [0.25, 0.3) is 55.0 Å². The molecular weight excluding hydrogens is 543 g/mol. The van der Waals surface area contributed by atoms with Crippen LogP contribution >= 0.6 is 0 Å². The Hall–Kier alpha value is -4.54. The Kier molecular flexibility index (Phi) is 5.22. The molecule has 4 fully saturated rings. The molecule has 3 N–H and O–H groups in total. The Morgan fingerprint density at radius 1 is 1.05 bits per heavy atom. The molecule has 3 unspecified atom stereocenters. The number of aromatic hydroxyl groups is 1. The molecule has 0 spiro atoms. The number of imidazole rings is 1. The summed E-state index contributed by atoms with van der Waals surface area (Å²) >= 11 is 0. The van der Waals surface area contributed by atoms with E-state index in [1.807, 2.05) is 36.7 Å². The van der Waals surface area contributed by atoms with Crippen LogP contribution < -0.4 is 10.2 Å². The summed E-state index contributed by atoms with van der Waals surface area (Å²) in [5.74, 6) is 0.921. The minimum Gasteiger partial charge on any atom is -0.508 e. The van der Waals surface area contributed by atoms with Crippen LogP contribution in [0.15, 0.2) is 61.2 Å². The Morgan fingerprint density at radius 3 is 2.65 bits per heavy atom. The van der Waals surface area contributed by atoms with Gasteiger partial charge in [-0.3, -0.25) is 5.10 Å². The number of phenolic OH excluding ortho intramolecular Hbond substituents is 1. The van der Waals surface area contributed by atoms with Crippen molar-refractivity contribution in [3.8, 4) is 28.0 Å². The maximum absolute atomic E-state index is 17.4. The topological polar surface area (TPSA) is 98.1 Å².